The van der Waals surface area contributed by atoms with Crippen LogP contribution in [0.1, 0.15) is 10.5 Å². The van der Waals surface area contributed by atoms with Gasteiger partial charge in [-0.25, -0.2) is 14.2 Å². The molecule has 1 N–H and O–H groups in total. The van der Waals surface area contributed by atoms with Crippen LogP contribution < -0.4 is 0 Å². The van der Waals surface area contributed by atoms with Crippen LogP contribution in [-0.4, -0.2) is 16.1 Å². The molecule has 0 aliphatic rings. The lowest BCUT2D eigenvalue weighted by atomic mass is 10.2. The number of carboxylic acid groups (broad SMARTS) is 1. The Morgan fingerprint density at radius 2 is 2.06 bits per heavy atom. The van der Waals surface area contributed by atoms with Crippen molar-refractivity contribution in [3.8, 4) is 0 Å². The predicted molar refractivity (Wildman–Crippen MR) is 58.7 cm³/mol. The molecule has 16 heavy (non-hydrogen) atoms. The Hall–Kier alpha value is -1.39. The van der Waals surface area contributed by atoms with E-state index < -0.39 is 11.8 Å². The molecule has 1 aromatic heterocycles. The minimum Gasteiger partial charge on any atom is -0.477 e. The Morgan fingerprint density at radius 1 is 1.38 bits per heavy atom. The molecule has 1 heterocycles. The van der Waals surface area contributed by atoms with E-state index in [0.29, 0.717) is 5.39 Å². The second-order valence-electron chi connectivity index (χ2n) is 3.05. The second-order valence-corrected chi connectivity index (χ2v) is 3.84. The minimum absolute atomic E-state index is 0.147. The SMILES string of the molecule is O=C(O)c1ccc2c(Cl)c(F)c(Cl)cc2n1. The van der Waals surface area contributed by atoms with Crippen LogP contribution in [0, 0.1) is 5.82 Å². The number of nitrogens with zero attached hydrogens (tertiary/aromatic N) is 1. The molecule has 6 heteroatoms. The molecule has 0 bridgehead atoms. The smallest absolute Gasteiger partial charge is 0.354 e. The van der Waals surface area contributed by atoms with Gasteiger partial charge in [-0.3, -0.25) is 0 Å². The standard InChI is InChI=1S/C10H4Cl2FNO2/c11-5-3-7-4(8(12)9(5)13)1-2-6(14-7)10(15)16/h1-3H,(H,15,16). The zero-order chi connectivity index (χ0) is 11.9. The van der Waals surface area contributed by atoms with Crippen LogP contribution in [0.5, 0.6) is 0 Å². The highest BCUT2D eigenvalue weighted by molar-refractivity contribution is 6.38. The number of aromatic nitrogens is 1. The molecule has 1 aromatic carbocycles. The van der Waals surface area contributed by atoms with Crippen LogP contribution >= 0.6 is 23.2 Å². The first-order valence-electron chi connectivity index (χ1n) is 4.18. The van der Waals surface area contributed by atoms with Gasteiger partial charge in [-0.1, -0.05) is 23.2 Å². The molecule has 0 aliphatic heterocycles. The number of aromatic carboxylic acids is 1. The van der Waals surface area contributed by atoms with Crippen LogP contribution in [-0.2, 0) is 0 Å². The summed E-state index contributed by atoms with van der Waals surface area (Å²) in [7, 11) is 0. The maximum Gasteiger partial charge on any atom is 0.354 e. The van der Waals surface area contributed by atoms with E-state index in [-0.39, 0.29) is 21.3 Å². The molecular formula is C10H4Cl2FNO2. The summed E-state index contributed by atoms with van der Waals surface area (Å²) in [6.07, 6.45) is 0. The molecule has 0 fully saturated rings. The lowest BCUT2D eigenvalue weighted by Gasteiger charge is -2.04. The van der Waals surface area contributed by atoms with Gasteiger partial charge in [0.1, 0.15) is 5.69 Å². The van der Waals surface area contributed by atoms with Gasteiger partial charge < -0.3 is 5.11 Å². The molecule has 0 radical (unpaired) electrons. The number of benzene rings is 1. The summed E-state index contributed by atoms with van der Waals surface area (Å²) >= 11 is 11.3. The van der Waals surface area contributed by atoms with E-state index >= 15 is 0 Å². The van der Waals surface area contributed by atoms with E-state index in [2.05, 4.69) is 4.98 Å². The fraction of sp³-hybridized carbons (Fsp3) is 0. The highest BCUT2D eigenvalue weighted by atomic mass is 35.5. The number of halogens is 3. The van der Waals surface area contributed by atoms with Crippen LogP contribution in [0.3, 0.4) is 0 Å². The first kappa shape index (κ1) is 11.1. The average molecular weight is 260 g/mol. The first-order chi connectivity index (χ1) is 7.50. The Labute approximate surface area is 99.4 Å². The van der Waals surface area contributed by atoms with Crippen molar-refractivity contribution >= 4 is 40.1 Å². The molecule has 2 aromatic rings. The molecule has 0 amide bonds. The normalized spacial score (nSPS) is 10.7. The number of rotatable bonds is 1. The summed E-state index contributed by atoms with van der Waals surface area (Å²) in [6, 6.07) is 3.89. The van der Waals surface area contributed by atoms with Crippen molar-refractivity contribution in [1.29, 1.82) is 0 Å². The monoisotopic (exact) mass is 259 g/mol. The molecule has 0 spiro atoms. The van der Waals surface area contributed by atoms with Gasteiger partial charge in [0.25, 0.3) is 0 Å². The number of hydrogen-bond donors (Lipinski definition) is 1. The minimum atomic E-state index is -1.17. The number of pyridine rings is 1. The number of fused-ring (bicyclic) bond motifs is 1. The summed E-state index contributed by atoms with van der Waals surface area (Å²) in [5.74, 6) is -1.90. The van der Waals surface area contributed by atoms with Gasteiger partial charge >= 0.3 is 5.97 Å². The second kappa shape index (κ2) is 3.88. The molecule has 2 rings (SSSR count). The highest BCUT2D eigenvalue weighted by Crippen LogP contribution is 2.30. The molecule has 3 nitrogen and oxygen atoms in total. The fourth-order valence-electron chi connectivity index (χ4n) is 1.30. The van der Waals surface area contributed by atoms with Gasteiger partial charge in [-0.2, -0.15) is 0 Å². The van der Waals surface area contributed by atoms with Gasteiger partial charge in [0.05, 0.1) is 15.6 Å². The summed E-state index contributed by atoms with van der Waals surface area (Å²) in [5.41, 5.74) is 0.0996. The summed E-state index contributed by atoms with van der Waals surface area (Å²) < 4.78 is 13.3. The van der Waals surface area contributed by atoms with Crippen LogP contribution in [0.15, 0.2) is 18.2 Å². The average Bonchev–Trinajstić information content (AvgIpc) is 2.25. The third-order valence-electron chi connectivity index (χ3n) is 2.05. The zero-order valence-electron chi connectivity index (χ0n) is 7.67. The van der Waals surface area contributed by atoms with E-state index in [9.17, 15) is 9.18 Å². The third kappa shape index (κ3) is 1.70. The van der Waals surface area contributed by atoms with Gasteiger partial charge in [-0.15, -0.1) is 0 Å². The van der Waals surface area contributed by atoms with E-state index in [1.807, 2.05) is 0 Å². The topological polar surface area (TPSA) is 50.2 Å². The summed E-state index contributed by atoms with van der Waals surface area (Å²) in [5, 5.41) is 8.71. The number of carbonyl (C=O) groups is 1. The van der Waals surface area contributed by atoms with Crippen molar-refractivity contribution in [3.63, 3.8) is 0 Å². The maximum atomic E-state index is 13.3. The first-order valence-corrected chi connectivity index (χ1v) is 4.94. The Kier molecular flexibility index (Phi) is 2.69. The summed E-state index contributed by atoms with van der Waals surface area (Å²) in [6.45, 7) is 0. The van der Waals surface area contributed by atoms with Crippen LogP contribution in [0.4, 0.5) is 4.39 Å². The van der Waals surface area contributed by atoms with E-state index in [1.165, 1.54) is 18.2 Å². The van der Waals surface area contributed by atoms with E-state index in [1.54, 1.807) is 0 Å². The Morgan fingerprint density at radius 3 is 2.69 bits per heavy atom. The molecular weight excluding hydrogens is 256 g/mol. The maximum absolute atomic E-state index is 13.3. The molecule has 0 atom stereocenters. The van der Waals surface area contributed by atoms with Crippen LogP contribution in [0.25, 0.3) is 10.9 Å². The molecule has 0 saturated heterocycles. The molecule has 0 saturated carbocycles. The third-order valence-corrected chi connectivity index (χ3v) is 2.69. The molecule has 82 valence electrons. The largest absolute Gasteiger partial charge is 0.477 e. The van der Waals surface area contributed by atoms with E-state index in [0.717, 1.165) is 0 Å². The van der Waals surface area contributed by atoms with Crippen LogP contribution in [0.2, 0.25) is 10.0 Å². The lowest BCUT2D eigenvalue weighted by molar-refractivity contribution is 0.0691. The summed E-state index contributed by atoms with van der Waals surface area (Å²) in [4.78, 5) is 14.5. The van der Waals surface area contributed by atoms with Crippen molar-refractivity contribution in [2.45, 2.75) is 0 Å². The predicted octanol–water partition coefficient (Wildman–Crippen LogP) is 3.38. The number of carboxylic acids is 1. The Balaban J connectivity index is 2.81. The zero-order valence-corrected chi connectivity index (χ0v) is 9.18. The van der Waals surface area contributed by atoms with Gasteiger partial charge in [0, 0.05) is 5.39 Å². The number of hydrogen-bond acceptors (Lipinski definition) is 2. The lowest BCUT2D eigenvalue weighted by Crippen LogP contribution is -2.00. The fourth-order valence-corrected chi connectivity index (χ4v) is 1.80. The van der Waals surface area contributed by atoms with Gasteiger partial charge in [-0.05, 0) is 18.2 Å². The van der Waals surface area contributed by atoms with Crippen molar-refractivity contribution in [3.05, 3.63) is 39.8 Å². The molecule has 0 unspecified atom stereocenters. The quantitative estimate of drug-likeness (QED) is 0.799. The van der Waals surface area contributed by atoms with Crippen molar-refractivity contribution < 1.29 is 14.3 Å². The van der Waals surface area contributed by atoms with Crippen molar-refractivity contribution in [1.82, 2.24) is 4.98 Å². The van der Waals surface area contributed by atoms with Crippen molar-refractivity contribution in [2.24, 2.45) is 0 Å². The molecule has 0 aliphatic carbocycles. The Bertz CT molecular complexity index is 601. The van der Waals surface area contributed by atoms with Gasteiger partial charge in [0.2, 0.25) is 0 Å². The van der Waals surface area contributed by atoms with Crippen molar-refractivity contribution in [2.75, 3.05) is 0 Å². The highest BCUT2D eigenvalue weighted by Gasteiger charge is 2.13. The van der Waals surface area contributed by atoms with Gasteiger partial charge in [0.15, 0.2) is 5.82 Å². The van der Waals surface area contributed by atoms with E-state index in [4.69, 9.17) is 28.3 Å².